The van der Waals surface area contributed by atoms with Crippen molar-refractivity contribution >= 4 is 5.91 Å². The SMILES string of the molecule is CC(C)CNC1CC(C)CN(C(=O)C2CCCCC2)C1. The molecule has 116 valence electrons. The Morgan fingerprint density at radius 2 is 1.90 bits per heavy atom. The van der Waals surface area contributed by atoms with Gasteiger partial charge in [0.25, 0.3) is 0 Å². The van der Waals surface area contributed by atoms with Crippen molar-refractivity contribution < 1.29 is 4.79 Å². The topological polar surface area (TPSA) is 32.3 Å². The standard InChI is InChI=1S/C17H32N2O/c1-13(2)10-18-16-9-14(3)11-19(12-16)17(20)15-7-5-4-6-8-15/h13-16,18H,4-12H2,1-3H3. The van der Waals surface area contributed by atoms with Gasteiger partial charge in [0.2, 0.25) is 5.91 Å². The first kappa shape index (κ1) is 15.8. The van der Waals surface area contributed by atoms with Crippen LogP contribution in [0.3, 0.4) is 0 Å². The monoisotopic (exact) mass is 280 g/mol. The molecule has 1 N–H and O–H groups in total. The Morgan fingerprint density at radius 1 is 1.20 bits per heavy atom. The second-order valence-electron chi connectivity index (χ2n) is 7.42. The molecule has 0 bridgehead atoms. The summed E-state index contributed by atoms with van der Waals surface area (Å²) in [6, 6.07) is 0.494. The fourth-order valence-corrected chi connectivity index (χ4v) is 3.69. The minimum atomic E-state index is 0.319. The molecule has 1 amide bonds. The van der Waals surface area contributed by atoms with E-state index in [9.17, 15) is 4.79 Å². The highest BCUT2D eigenvalue weighted by Crippen LogP contribution is 2.27. The molecule has 0 spiro atoms. The average Bonchev–Trinajstić information content (AvgIpc) is 2.44. The van der Waals surface area contributed by atoms with E-state index in [1.54, 1.807) is 0 Å². The molecule has 1 aliphatic carbocycles. The summed E-state index contributed by atoms with van der Waals surface area (Å²) in [5, 5.41) is 3.65. The van der Waals surface area contributed by atoms with Crippen LogP contribution in [0.5, 0.6) is 0 Å². The van der Waals surface area contributed by atoms with E-state index in [1.807, 2.05) is 0 Å². The number of carbonyl (C=O) groups is 1. The third-order valence-electron chi connectivity index (χ3n) is 4.74. The number of amides is 1. The zero-order chi connectivity index (χ0) is 14.5. The van der Waals surface area contributed by atoms with E-state index in [-0.39, 0.29) is 0 Å². The Balaban J connectivity index is 1.87. The van der Waals surface area contributed by atoms with Gasteiger partial charge in [-0.05, 0) is 37.6 Å². The van der Waals surface area contributed by atoms with Crippen molar-refractivity contribution in [2.75, 3.05) is 19.6 Å². The zero-order valence-electron chi connectivity index (χ0n) is 13.5. The summed E-state index contributed by atoms with van der Waals surface area (Å²) < 4.78 is 0. The molecule has 2 unspecified atom stereocenters. The highest BCUT2D eigenvalue weighted by atomic mass is 16.2. The molecule has 2 fully saturated rings. The molecule has 3 nitrogen and oxygen atoms in total. The maximum atomic E-state index is 12.7. The summed E-state index contributed by atoms with van der Waals surface area (Å²) in [4.78, 5) is 14.8. The highest BCUT2D eigenvalue weighted by molar-refractivity contribution is 5.79. The quantitative estimate of drug-likeness (QED) is 0.858. The van der Waals surface area contributed by atoms with Crippen molar-refractivity contribution in [1.29, 1.82) is 0 Å². The third-order valence-corrected chi connectivity index (χ3v) is 4.74. The first-order chi connectivity index (χ1) is 9.56. The van der Waals surface area contributed by atoms with Gasteiger partial charge < -0.3 is 10.2 Å². The lowest BCUT2D eigenvalue weighted by molar-refractivity contribution is -0.138. The number of rotatable bonds is 4. The van der Waals surface area contributed by atoms with E-state index in [0.717, 1.165) is 32.5 Å². The molecule has 1 aliphatic heterocycles. The minimum Gasteiger partial charge on any atom is -0.341 e. The van der Waals surface area contributed by atoms with E-state index < -0.39 is 0 Å². The van der Waals surface area contributed by atoms with E-state index in [4.69, 9.17) is 0 Å². The van der Waals surface area contributed by atoms with Gasteiger partial charge in [0.05, 0.1) is 0 Å². The minimum absolute atomic E-state index is 0.319. The summed E-state index contributed by atoms with van der Waals surface area (Å²) in [6.07, 6.45) is 7.26. The Morgan fingerprint density at radius 3 is 2.55 bits per heavy atom. The fourth-order valence-electron chi connectivity index (χ4n) is 3.69. The number of hydrogen-bond donors (Lipinski definition) is 1. The van der Waals surface area contributed by atoms with Gasteiger partial charge in [-0.1, -0.05) is 40.0 Å². The lowest BCUT2D eigenvalue weighted by atomic mass is 9.87. The number of nitrogens with zero attached hydrogens (tertiary/aromatic N) is 1. The molecular formula is C17H32N2O. The summed E-state index contributed by atoms with van der Waals surface area (Å²) in [7, 11) is 0. The second kappa shape index (κ2) is 7.44. The molecule has 1 saturated heterocycles. The maximum Gasteiger partial charge on any atom is 0.225 e. The largest absolute Gasteiger partial charge is 0.341 e. The molecule has 1 saturated carbocycles. The van der Waals surface area contributed by atoms with Crippen LogP contribution in [0.25, 0.3) is 0 Å². The fraction of sp³-hybridized carbons (Fsp3) is 0.941. The van der Waals surface area contributed by atoms with Crippen molar-refractivity contribution in [2.24, 2.45) is 17.8 Å². The van der Waals surface area contributed by atoms with E-state index in [0.29, 0.717) is 29.7 Å². The predicted octanol–water partition coefficient (Wildman–Crippen LogP) is 3.05. The van der Waals surface area contributed by atoms with Gasteiger partial charge in [0.1, 0.15) is 0 Å². The first-order valence-electron chi connectivity index (χ1n) is 8.58. The van der Waals surface area contributed by atoms with Crippen LogP contribution >= 0.6 is 0 Å². The van der Waals surface area contributed by atoms with Crippen LogP contribution in [-0.2, 0) is 4.79 Å². The predicted molar refractivity (Wildman–Crippen MR) is 83.6 cm³/mol. The van der Waals surface area contributed by atoms with Gasteiger partial charge in [0, 0.05) is 25.0 Å². The summed E-state index contributed by atoms with van der Waals surface area (Å²) in [6.45, 7) is 9.71. The van der Waals surface area contributed by atoms with Crippen molar-refractivity contribution in [1.82, 2.24) is 10.2 Å². The van der Waals surface area contributed by atoms with Crippen LogP contribution in [0.4, 0.5) is 0 Å². The van der Waals surface area contributed by atoms with Crippen LogP contribution in [0, 0.1) is 17.8 Å². The Bertz CT molecular complexity index is 310. The van der Waals surface area contributed by atoms with Crippen molar-refractivity contribution in [2.45, 2.75) is 65.3 Å². The summed E-state index contributed by atoms with van der Waals surface area (Å²) >= 11 is 0. The molecule has 2 atom stereocenters. The summed E-state index contributed by atoms with van der Waals surface area (Å²) in [5.41, 5.74) is 0. The van der Waals surface area contributed by atoms with Gasteiger partial charge in [-0.2, -0.15) is 0 Å². The zero-order valence-corrected chi connectivity index (χ0v) is 13.5. The van der Waals surface area contributed by atoms with Gasteiger partial charge in [-0.25, -0.2) is 0 Å². The van der Waals surface area contributed by atoms with Gasteiger partial charge in [-0.15, -0.1) is 0 Å². The van der Waals surface area contributed by atoms with Crippen molar-refractivity contribution in [3.8, 4) is 0 Å². The number of nitrogens with one attached hydrogen (secondary N) is 1. The molecule has 1 heterocycles. The molecule has 2 rings (SSSR count). The molecule has 0 radical (unpaired) electrons. The van der Waals surface area contributed by atoms with E-state index in [1.165, 1.54) is 25.7 Å². The van der Waals surface area contributed by atoms with Gasteiger partial charge in [-0.3, -0.25) is 4.79 Å². The van der Waals surface area contributed by atoms with E-state index in [2.05, 4.69) is 31.0 Å². The normalized spacial score (nSPS) is 28.9. The van der Waals surface area contributed by atoms with Crippen LogP contribution in [0.2, 0.25) is 0 Å². The Labute approximate surface area is 124 Å². The number of likely N-dealkylation sites (tertiary alicyclic amines) is 1. The molecule has 0 aromatic heterocycles. The Kier molecular flexibility index (Phi) is 5.88. The van der Waals surface area contributed by atoms with Crippen LogP contribution in [0.1, 0.15) is 59.3 Å². The van der Waals surface area contributed by atoms with Gasteiger partial charge in [0.15, 0.2) is 0 Å². The number of carbonyl (C=O) groups excluding carboxylic acids is 1. The lowest BCUT2D eigenvalue weighted by Gasteiger charge is -2.39. The molecule has 3 heteroatoms. The Hall–Kier alpha value is -0.570. The van der Waals surface area contributed by atoms with Crippen LogP contribution < -0.4 is 5.32 Å². The number of piperidine rings is 1. The molecule has 20 heavy (non-hydrogen) atoms. The van der Waals surface area contributed by atoms with E-state index >= 15 is 0 Å². The average molecular weight is 280 g/mol. The molecule has 0 aromatic rings. The molecular weight excluding hydrogens is 248 g/mol. The summed E-state index contributed by atoms with van der Waals surface area (Å²) in [5.74, 6) is 2.06. The highest BCUT2D eigenvalue weighted by Gasteiger charge is 2.31. The molecule has 0 aromatic carbocycles. The second-order valence-corrected chi connectivity index (χ2v) is 7.42. The van der Waals surface area contributed by atoms with Gasteiger partial charge >= 0.3 is 0 Å². The smallest absolute Gasteiger partial charge is 0.225 e. The van der Waals surface area contributed by atoms with Crippen molar-refractivity contribution in [3.63, 3.8) is 0 Å². The number of hydrogen-bond acceptors (Lipinski definition) is 2. The lowest BCUT2D eigenvalue weighted by Crippen LogP contribution is -2.52. The van der Waals surface area contributed by atoms with Crippen LogP contribution in [0.15, 0.2) is 0 Å². The third kappa shape index (κ3) is 4.47. The van der Waals surface area contributed by atoms with Crippen molar-refractivity contribution in [3.05, 3.63) is 0 Å². The maximum absolute atomic E-state index is 12.7. The molecule has 2 aliphatic rings. The van der Waals surface area contributed by atoms with Crippen LogP contribution in [-0.4, -0.2) is 36.5 Å². The first-order valence-corrected chi connectivity index (χ1v) is 8.58.